The van der Waals surface area contributed by atoms with Gasteiger partial charge in [-0.25, -0.2) is 4.39 Å². The highest BCUT2D eigenvalue weighted by atomic mass is 19.1. The fourth-order valence-electron chi connectivity index (χ4n) is 3.04. The average molecular weight is 296 g/mol. The topological polar surface area (TPSA) is 16.9 Å². The average Bonchev–Trinajstić information content (AvgIpc) is 2.96. The summed E-state index contributed by atoms with van der Waals surface area (Å²) in [6.45, 7) is 3.32. The number of aromatic nitrogens is 1. The molecule has 0 atom stereocenters. The van der Waals surface area contributed by atoms with Crippen LogP contribution in [0.15, 0.2) is 54.7 Å². The molecule has 0 saturated carbocycles. The fraction of sp³-hybridized carbons (Fsp3) is 0.222. The van der Waals surface area contributed by atoms with Crippen molar-refractivity contribution in [2.75, 3.05) is 31.2 Å². The Labute approximate surface area is 128 Å². The Morgan fingerprint density at radius 3 is 2.50 bits per heavy atom. The zero-order chi connectivity index (χ0) is 14.9. The Balaban J connectivity index is 1.86. The van der Waals surface area contributed by atoms with Gasteiger partial charge in [-0.3, -0.25) is 0 Å². The van der Waals surface area contributed by atoms with Gasteiger partial charge in [-0.1, -0.05) is 6.07 Å². The van der Waals surface area contributed by atoms with E-state index in [1.54, 1.807) is 0 Å². The van der Waals surface area contributed by atoms with Crippen molar-refractivity contribution in [1.29, 1.82) is 0 Å². The molecule has 0 amide bonds. The number of hydrogen-bond donors (Lipinski definition) is 0. The van der Waals surface area contributed by atoms with Gasteiger partial charge >= 0.3 is 0 Å². The van der Waals surface area contributed by atoms with E-state index in [1.807, 2.05) is 24.3 Å². The van der Waals surface area contributed by atoms with Gasteiger partial charge in [0.15, 0.2) is 0 Å². The smallest absolute Gasteiger partial charge is 0.123 e. The van der Waals surface area contributed by atoms with E-state index in [4.69, 9.17) is 4.74 Å². The first-order valence-electron chi connectivity index (χ1n) is 7.52. The van der Waals surface area contributed by atoms with Crippen LogP contribution in [0.3, 0.4) is 0 Å². The molecule has 1 saturated heterocycles. The Bertz CT molecular complexity index is 788. The lowest BCUT2D eigenvalue weighted by atomic mass is 10.1. The van der Waals surface area contributed by atoms with Crippen molar-refractivity contribution in [1.82, 2.24) is 4.40 Å². The van der Waals surface area contributed by atoms with Crippen molar-refractivity contribution < 1.29 is 9.13 Å². The Hall–Kier alpha value is -2.33. The molecule has 0 radical (unpaired) electrons. The molecule has 112 valence electrons. The fourth-order valence-corrected chi connectivity index (χ4v) is 3.04. The number of hydrogen-bond acceptors (Lipinski definition) is 2. The molecule has 3 nitrogen and oxygen atoms in total. The van der Waals surface area contributed by atoms with Gasteiger partial charge in [0.1, 0.15) is 5.82 Å². The highest BCUT2D eigenvalue weighted by Gasteiger charge is 2.17. The Kier molecular flexibility index (Phi) is 3.31. The number of morpholine rings is 1. The SMILES string of the molecule is Fc1ccc(-c2cc(N3CCOCC3)c3ccccn23)cc1. The number of pyridine rings is 1. The zero-order valence-electron chi connectivity index (χ0n) is 12.2. The first kappa shape index (κ1) is 13.3. The minimum Gasteiger partial charge on any atom is -0.378 e. The number of anilines is 1. The first-order valence-corrected chi connectivity index (χ1v) is 7.52. The van der Waals surface area contributed by atoms with Gasteiger partial charge < -0.3 is 14.0 Å². The third-order valence-corrected chi connectivity index (χ3v) is 4.15. The second kappa shape index (κ2) is 5.46. The first-order chi connectivity index (χ1) is 10.8. The number of rotatable bonds is 2. The summed E-state index contributed by atoms with van der Waals surface area (Å²) in [4.78, 5) is 2.35. The van der Waals surface area contributed by atoms with E-state index in [0.29, 0.717) is 0 Å². The summed E-state index contributed by atoms with van der Waals surface area (Å²) in [5.74, 6) is -0.210. The maximum Gasteiger partial charge on any atom is 0.123 e. The third kappa shape index (κ3) is 2.25. The summed E-state index contributed by atoms with van der Waals surface area (Å²) in [5, 5.41) is 0. The van der Waals surface area contributed by atoms with E-state index in [2.05, 4.69) is 27.6 Å². The van der Waals surface area contributed by atoms with Crippen LogP contribution in [0.25, 0.3) is 16.8 Å². The molecule has 0 unspecified atom stereocenters. The predicted octanol–water partition coefficient (Wildman–Crippen LogP) is 3.58. The maximum absolute atomic E-state index is 13.2. The van der Waals surface area contributed by atoms with Crippen LogP contribution in [0.4, 0.5) is 10.1 Å². The summed E-state index contributed by atoms with van der Waals surface area (Å²) < 4.78 is 20.8. The van der Waals surface area contributed by atoms with Gasteiger partial charge in [-0.15, -0.1) is 0 Å². The standard InChI is InChI=1S/C18H17FN2O/c19-15-6-4-14(5-7-15)17-13-18(20-9-11-22-12-10-20)16-3-1-2-8-21(16)17/h1-8,13H,9-12H2. The molecule has 1 fully saturated rings. The van der Waals surface area contributed by atoms with E-state index >= 15 is 0 Å². The van der Waals surface area contributed by atoms with Crippen molar-refractivity contribution in [3.05, 3.63) is 60.5 Å². The molecule has 3 aromatic rings. The van der Waals surface area contributed by atoms with E-state index in [9.17, 15) is 4.39 Å². The van der Waals surface area contributed by atoms with Crippen LogP contribution in [-0.2, 0) is 4.74 Å². The van der Waals surface area contributed by atoms with Gasteiger partial charge in [0.25, 0.3) is 0 Å². The van der Waals surface area contributed by atoms with Crippen LogP contribution in [0.1, 0.15) is 0 Å². The highest BCUT2D eigenvalue weighted by Crippen LogP contribution is 2.32. The molecule has 4 rings (SSSR count). The summed E-state index contributed by atoms with van der Waals surface area (Å²) in [6.07, 6.45) is 2.05. The third-order valence-electron chi connectivity index (χ3n) is 4.15. The molecule has 22 heavy (non-hydrogen) atoms. The van der Waals surface area contributed by atoms with Gasteiger partial charge in [-0.05, 0) is 48.0 Å². The minimum absolute atomic E-state index is 0.210. The molecule has 4 heteroatoms. The van der Waals surface area contributed by atoms with Gasteiger partial charge in [0, 0.05) is 19.3 Å². The van der Waals surface area contributed by atoms with Crippen molar-refractivity contribution in [2.24, 2.45) is 0 Å². The van der Waals surface area contributed by atoms with Crippen molar-refractivity contribution >= 4 is 11.2 Å². The molecule has 2 aromatic heterocycles. The largest absolute Gasteiger partial charge is 0.378 e. The second-order valence-electron chi connectivity index (χ2n) is 5.48. The van der Waals surface area contributed by atoms with E-state index in [1.165, 1.54) is 23.3 Å². The maximum atomic E-state index is 13.2. The van der Waals surface area contributed by atoms with Crippen LogP contribution < -0.4 is 4.90 Å². The number of halogens is 1. The van der Waals surface area contributed by atoms with Crippen LogP contribution in [0.5, 0.6) is 0 Å². The molecular weight excluding hydrogens is 279 g/mol. The highest BCUT2D eigenvalue weighted by molar-refractivity contribution is 5.82. The number of nitrogens with zero attached hydrogens (tertiary/aromatic N) is 2. The molecule has 0 N–H and O–H groups in total. The van der Waals surface area contributed by atoms with Gasteiger partial charge in [-0.2, -0.15) is 0 Å². The molecule has 0 aliphatic carbocycles. The summed E-state index contributed by atoms with van der Waals surface area (Å²) in [6, 6.07) is 15.0. The van der Waals surface area contributed by atoms with E-state index in [-0.39, 0.29) is 5.82 Å². The number of benzene rings is 1. The number of ether oxygens (including phenoxy) is 1. The molecule has 0 bridgehead atoms. The predicted molar refractivity (Wildman–Crippen MR) is 85.8 cm³/mol. The summed E-state index contributed by atoms with van der Waals surface area (Å²) in [7, 11) is 0. The lowest BCUT2D eigenvalue weighted by Gasteiger charge is -2.28. The Morgan fingerprint density at radius 1 is 0.955 bits per heavy atom. The van der Waals surface area contributed by atoms with Crippen molar-refractivity contribution in [2.45, 2.75) is 0 Å². The monoisotopic (exact) mass is 296 g/mol. The molecule has 3 heterocycles. The Morgan fingerprint density at radius 2 is 1.73 bits per heavy atom. The molecule has 1 aliphatic rings. The van der Waals surface area contributed by atoms with Gasteiger partial charge in [0.2, 0.25) is 0 Å². The second-order valence-corrected chi connectivity index (χ2v) is 5.48. The molecule has 1 aromatic carbocycles. The molecule has 0 spiro atoms. The lowest BCUT2D eigenvalue weighted by Crippen LogP contribution is -2.36. The van der Waals surface area contributed by atoms with E-state index < -0.39 is 0 Å². The van der Waals surface area contributed by atoms with Crippen molar-refractivity contribution in [3.63, 3.8) is 0 Å². The summed E-state index contributed by atoms with van der Waals surface area (Å²) >= 11 is 0. The van der Waals surface area contributed by atoms with Crippen LogP contribution in [0, 0.1) is 5.82 Å². The molecule has 1 aliphatic heterocycles. The summed E-state index contributed by atoms with van der Waals surface area (Å²) in [5.41, 5.74) is 4.48. The van der Waals surface area contributed by atoms with Crippen molar-refractivity contribution in [3.8, 4) is 11.3 Å². The normalized spacial score (nSPS) is 15.4. The van der Waals surface area contributed by atoms with Crippen LogP contribution in [0.2, 0.25) is 0 Å². The van der Waals surface area contributed by atoms with Crippen LogP contribution in [-0.4, -0.2) is 30.7 Å². The van der Waals surface area contributed by atoms with E-state index in [0.717, 1.165) is 37.6 Å². The van der Waals surface area contributed by atoms with Crippen LogP contribution >= 0.6 is 0 Å². The molecular formula is C18H17FN2O. The number of fused-ring (bicyclic) bond motifs is 1. The quantitative estimate of drug-likeness (QED) is 0.719. The lowest BCUT2D eigenvalue weighted by molar-refractivity contribution is 0.123. The van der Waals surface area contributed by atoms with Gasteiger partial charge in [0.05, 0.1) is 30.1 Å². The minimum atomic E-state index is -0.210. The zero-order valence-corrected chi connectivity index (χ0v) is 12.2.